The quantitative estimate of drug-likeness (QED) is 0.528. The Labute approximate surface area is 189 Å². The molecular formula is C23H20N2O4S2. The van der Waals surface area contributed by atoms with Crippen LogP contribution in [0.4, 0.5) is 5.69 Å². The van der Waals surface area contributed by atoms with Gasteiger partial charge in [-0.3, -0.25) is 19.3 Å². The van der Waals surface area contributed by atoms with Gasteiger partial charge < -0.3 is 10.0 Å². The lowest BCUT2D eigenvalue weighted by Crippen LogP contribution is -2.30. The lowest BCUT2D eigenvalue weighted by Gasteiger charge is -2.17. The third-order valence-corrected chi connectivity index (χ3v) is 6.68. The van der Waals surface area contributed by atoms with Gasteiger partial charge in [-0.25, -0.2) is 0 Å². The van der Waals surface area contributed by atoms with E-state index in [0.29, 0.717) is 33.3 Å². The molecule has 0 saturated carbocycles. The van der Waals surface area contributed by atoms with Crippen molar-refractivity contribution in [1.29, 1.82) is 0 Å². The number of nitrogens with zero attached hydrogens (tertiary/aromatic N) is 2. The number of rotatable bonds is 6. The molecule has 6 nitrogen and oxygen atoms in total. The molecule has 0 unspecified atom stereocenters. The molecule has 0 aliphatic carbocycles. The summed E-state index contributed by atoms with van der Waals surface area (Å²) in [6.07, 6.45) is 0.253. The van der Waals surface area contributed by atoms with Gasteiger partial charge in [-0.15, -0.1) is 0 Å². The van der Waals surface area contributed by atoms with Crippen molar-refractivity contribution >= 4 is 57.3 Å². The topological polar surface area (TPSA) is 77.9 Å². The van der Waals surface area contributed by atoms with Gasteiger partial charge in [0.2, 0.25) is 0 Å². The summed E-state index contributed by atoms with van der Waals surface area (Å²) in [4.78, 5) is 40.7. The molecule has 0 spiro atoms. The van der Waals surface area contributed by atoms with Crippen LogP contribution in [0.25, 0.3) is 5.57 Å². The second-order valence-corrected chi connectivity index (χ2v) is 9.06. The smallest absolute Gasteiger partial charge is 0.303 e. The number of carbonyl (C=O) groups excluding carboxylic acids is 2. The first-order valence-corrected chi connectivity index (χ1v) is 11.1. The average molecular weight is 453 g/mol. The normalized spacial score (nSPS) is 18.2. The van der Waals surface area contributed by atoms with Crippen LogP contribution in [0.3, 0.4) is 0 Å². The van der Waals surface area contributed by atoms with Gasteiger partial charge in [-0.1, -0.05) is 72.0 Å². The van der Waals surface area contributed by atoms with Crippen LogP contribution in [-0.2, 0) is 20.9 Å². The number of hydrogen-bond donors (Lipinski definition) is 1. The minimum absolute atomic E-state index is 0.0466. The van der Waals surface area contributed by atoms with Gasteiger partial charge in [0.1, 0.15) is 4.32 Å². The Balaban J connectivity index is 1.67. The number of aliphatic carboxylic acids is 1. The van der Waals surface area contributed by atoms with Crippen LogP contribution in [0, 0.1) is 6.92 Å². The zero-order chi connectivity index (χ0) is 22.1. The first-order valence-electron chi connectivity index (χ1n) is 9.83. The maximum absolute atomic E-state index is 13.4. The summed E-state index contributed by atoms with van der Waals surface area (Å²) in [6, 6.07) is 15.4. The van der Waals surface area contributed by atoms with Crippen molar-refractivity contribution in [3.05, 3.63) is 70.1 Å². The third kappa shape index (κ3) is 4.13. The largest absolute Gasteiger partial charge is 0.481 e. The van der Waals surface area contributed by atoms with E-state index in [-0.39, 0.29) is 24.8 Å². The van der Waals surface area contributed by atoms with Crippen LogP contribution in [0.15, 0.2) is 53.4 Å². The maximum atomic E-state index is 13.4. The molecule has 158 valence electrons. The lowest BCUT2D eigenvalue weighted by molar-refractivity contribution is -0.137. The Bertz CT molecular complexity index is 1120. The van der Waals surface area contributed by atoms with Gasteiger partial charge in [-0.2, -0.15) is 0 Å². The summed E-state index contributed by atoms with van der Waals surface area (Å²) in [5.41, 5.74) is 3.98. The first-order chi connectivity index (χ1) is 14.9. The van der Waals surface area contributed by atoms with Crippen LogP contribution in [0.2, 0.25) is 0 Å². The van der Waals surface area contributed by atoms with Crippen LogP contribution in [0.1, 0.15) is 29.5 Å². The molecule has 1 N–H and O–H groups in total. The zero-order valence-corrected chi connectivity index (χ0v) is 18.5. The molecule has 0 aromatic heterocycles. The molecule has 2 aromatic carbocycles. The highest BCUT2D eigenvalue weighted by Gasteiger charge is 2.41. The Morgan fingerprint density at radius 3 is 2.45 bits per heavy atom. The number of thiocarbonyl (C=S) groups is 1. The summed E-state index contributed by atoms with van der Waals surface area (Å²) in [6.45, 7) is 2.63. The van der Waals surface area contributed by atoms with Crippen molar-refractivity contribution < 1.29 is 19.5 Å². The highest BCUT2D eigenvalue weighted by Crippen LogP contribution is 2.45. The fraction of sp³-hybridized carbons (Fsp3) is 0.217. The Morgan fingerprint density at radius 1 is 1.03 bits per heavy atom. The van der Waals surface area contributed by atoms with Gasteiger partial charge in [0.25, 0.3) is 11.8 Å². The van der Waals surface area contributed by atoms with E-state index in [1.807, 2.05) is 55.5 Å². The van der Waals surface area contributed by atoms with Crippen molar-refractivity contribution in [2.45, 2.75) is 26.3 Å². The van der Waals surface area contributed by atoms with Crippen LogP contribution < -0.4 is 4.90 Å². The van der Waals surface area contributed by atoms with E-state index < -0.39 is 5.97 Å². The van der Waals surface area contributed by atoms with Gasteiger partial charge in [0.15, 0.2) is 0 Å². The number of para-hydroxylation sites is 1. The van der Waals surface area contributed by atoms with Gasteiger partial charge in [-0.05, 0) is 25.0 Å². The van der Waals surface area contributed by atoms with Gasteiger partial charge >= 0.3 is 5.97 Å². The fourth-order valence-corrected chi connectivity index (χ4v) is 5.04. The molecule has 31 heavy (non-hydrogen) atoms. The van der Waals surface area contributed by atoms with E-state index in [1.54, 1.807) is 4.90 Å². The summed E-state index contributed by atoms with van der Waals surface area (Å²) in [7, 11) is 0. The molecule has 4 rings (SSSR count). The zero-order valence-electron chi connectivity index (χ0n) is 16.8. The monoisotopic (exact) mass is 452 g/mol. The van der Waals surface area contributed by atoms with E-state index in [0.717, 1.165) is 28.6 Å². The van der Waals surface area contributed by atoms with Crippen LogP contribution in [0.5, 0.6) is 0 Å². The molecule has 0 radical (unpaired) electrons. The van der Waals surface area contributed by atoms with Crippen molar-refractivity contribution in [2.75, 3.05) is 11.4 Å². The number of amides is 2. The minimum atomic E-state index is -0.921. The second kappa shape index (κ2) is 8.64. The molecule has 2 aromatic rings. The molecule has 0 bridgehead atoms. The first kappa shape index (κ1) is 21.3. The summed E-state index contributed by atoms with van der Waals surface area (Å²) in [5.74, 6) is -1.49. The predicted molar refractivity (Wildman–Crippen MR) is 125 cm³/mol. The summed E-state index contributed by atoms with van der Waals surface area (Å²) in [5, 5.41) is 8.85. The number of thioether (sulfide) groups is 1. The molecule has 1 saturated heterocycles. The van der Waals surface area contributed by atoms with Gasteiger partial charge in [0.05, 0.1) is 22.7 Å². The number of anilines is 1. The molecule has 2 amide bonds. The number of hydrogen-bond acceptors (Lipinski definition) is 5. The van der Waals surface area contributed by atoms with E-state index in [9.17, 15) is 14.4 Å². The highest BCUT2D eigenvalue weighted by molar-refractivity contribution is 8.26. The molecule has 1 fully saturated rings. The van der Waals surface area contributed by atoms with E-state index in [4.69, 9.17) is 17.3 Å². The minimum Gasteiger partial charge on any atom is -0.481 e. The van der Waals surface area contributed by atoms with Gasteiger partial charge in [0, 0.05) is 18.5 Å². The van der Waals surface area contributed by atoms with E-state index in [2.05, 4.69) is 0 Å². The van der Waals surface area contributed by atoms with Crippen molar-refractivity contribution in [3.63, 3.8) is 0 Å². The molecule has 2 aliphatic heterocycles. The number of carboxylic acids is 1. The van der Waals surface area contributed by atoms with Crippen LogP contribution >= 0.6 is 24.0 Å². The SMILES string of the molecule is Cc1ccc(CN2C(=O)/C(=C3\SC(=S)N(CCCC(=O)O)C3=O)c3ccccc32)cc1. The average Bonchev–Trinajstić information content (AvgIpc) is 3.17. The summed E-state index contributed by atoms with van der Waals surface area (Å²) >= 11 is 6.46. The molecular weight excluding hydrogens is 432 g/mol. The number of carboxylic acid groups (broad SMARTS) is 1. The lowest BCUT2D eigenvalue weighted by atomic mass is 10.1. The fourth-order valence-electron chi connectivity index (χ4n) is 3.66. The van der Waals surface area contributed by atoms with Crippen molar-refractivity contribution in [3.8, 4) is 0 Å². The molecule has 2 aliphatic rings. The highest BCUT2D eigenvalue weighted by atomic mass is 32.2. The number of benzene rings is 2. The summed E-state index contributed by atoms with van der Waals surface area (Å²) < 4.78 is 0.347. The standard InChI is InChI=1S/C23H20N2O4S2/c1-14-8-10-15(11-9-14)13-25-17-6-3-2-5-16(17)19(21(25)28)20-22(29)24(23(30)31-20)12-4-7-18(26)27/h2-3,5-6,8-11H,4,7,12-13H2,1H3,(H,26,27)/b20-19-. The Hall–Kier alpha value is -2.97. The number of aryl methyl sites for hydroxylation is 1. The number of carbonyl (C=O) groups is 3. The Morgan fingerprint density at radius 2 is 1.74 bits per heavy atom. The molecule has 2 heterocycles. The molecule has 0 atom stereocenters. The van der Waals surface area contributed by atoms with E-state index >= 15 is 0 Å². The van der Waals surface area contributed by atoms with Crippen molar-refractivity contribution in [1.82, 2.24) is 4.90 Å². The Kier molecular flexibility index (Phi) is 5.93. The number of fused-ring (bicyclic) bond motifs is 1. The maximum Gasteiger partial charge on any atom is 0.303 e. The predicted octanol–water partition coefficient (Wildman–Crippen LogP) is 3.98. The third-order valence-electron chi connectivity index (χ3n) is 5.23. The van der Waals surface area contributed by atoms with Crippen LogP contribution in [-0.4, -0.2) is 38.7 Å². The second-order valence-electron chi connectivity index (χ2n) is 7.42. The molecule has 8 heteroatoms. The van der Waals surface area contributed by atoms with E-state index in [1.165, 1.54) is 4.90 Å². The van der Waals surface area contributed by atoms with Crippen molar-refractivity contribution in [2.24, 2.45) is 0 Å².